The van der Waals surface area contributed by atoms with Gasteiger partial charge in [0.2, 0.25) is 0 Å². The van der Waals surface area contributed by atoms with Gasteiger partial charge in [0.15, 0.2) is 0 Å². The number of carbonyl (C=O) groups is 1. The first kappa shape index (κ1) is 33.9. The van der Waals surface area contributed by atoms with Crippen LogP contribution in [0.2, 0.25) is 5.02 Å². The van der Waals surface area contributed by atoms with Crippen molar-refractivity contribution in [3.8, 4) is 0 Å². The number of carbonyl (C=O) groups excluding carboxylic acids is 1. The third-order valence-corrected chi connectivity index (χ3v) is 6.11. The predicted molar refractivity (Wildman–Crippen MR) is 145 cm³/mol. The molecular formula is C29H41ClF3NO4. The number of rotatable bonds is 10. The van der Waals surface area contributed by atoms with Gasteiger partial charge in [0, 0.05) is 19.0 Å². The van der Waals surface area contributed by atoms with E-state index in [9.17, 15) is 23.1 Å². The predicted octanol–water partition coefficient (Wildman–Crippen LogP) is 6.81. The molecule has 1 aliphatic rings. The van der Waals surface area contributed by atoms with Gasteiger partial charge in [-0.3, -0.25) is 4.79 Å². The lowest BCUT2D eigenvalue weighted by Crippen LogP contribution is -2.33. The summed E-state index contributed by atoms with van der Waals surface area (Å²) in [6.07, 6.45) is 1.11. The van der Waals surface area contributed by atoms with Crippen LogP contribution in [0, 0.1) is 24.4 Å². The van der Waals surface area contributed by atoms with Crippen molar-refractivity contribution in [1.82, 2.24) is 4.90 Å². The van der Waals surface area contributed by atoms with Gasteiger partial charge in [-0.2, -0.15) is 0 Å². The summed E-state index contributed by atoms with van der Waals surface area (Å²) in [5.41, 5.74) is 1.48. The largest absolute Gasteiger partial charge is 0.466 e. The van der Waals surface area contributed by atoms with Crippen LogP contribution in [0.15, 0.2) is 30.3 Å². The molecule has 2 atom stereocenters. The first-order valence-electron chi connectivity index (χ1n) is 13.2. The van der Waals surface area contributed by atoms with E-state index in [4.69, 9.17) is 21.1 Å². The fourth-order valence-corrected chi connectivity index (χ4v) is 4.09. The van der Waals surface area contributed by atoms with E-state index in [-0.39, 0.29) is 42.5 Å². The number of ether oxygens (including phenoxy) is 2. The highest BCUT2D eigenvalue weighted by atomic mass is 35.5. The molecule has 1 fully saturated rings. The molecule has 0 radical (unpaired) electrons. The Balaban J connectivity index is 0.000000548. The first-order chi connectivity index (χ1) is 18.1. The number of halogens is 4. The van der Waals surface area contributed by atoms with E-state index in [1.54, 1.807) is 26.0 Å². The molecule has 0 amide bonds. The molecule has 0 aromatic heterocycles. The van der Waals surface area contributed by atoms with E-state index >= 15 is 0 Å². The Morgan fingerprint density at radius 3 is 2.34 bits per heavy atom. The number of esters is 1. The Labute approximate surface area is 229 Å². The highest BCUT2D eigenvalue weighted by Crippen LogP contribution is 2.26. The molecular weight excluding hydrogens is 519 g/mol. The van der Waals surface area contributed by atoms with Crippen molar-refractivity contribution in [2.75, 3.05) is 32.8 Å². The second-order valence-corrected chi connectivity index (χ2v) is 9.22. The zero-order valence-corrected chi connectivity index (χ0v) is 23.8. The van der Waals surface area contributed by atoms with Crippen LogP contribution in [0.25, 0.3) is 0 Å². The first-order valence-corrected chi connectivity index (χ1v) is 13.6. The van der Waals surface area contributed by atoms with Crippen LogP contribution in [-0.4, -0.2) is 54.9 Å². The topological polar surface area (TPSA) is 59.0 Å². The minimum atomic E-state index is -0.706. The number of likely N-dealkylation sites (tertiary alicyclic amines) is 1. The monoisotopic (exact) mass is 559 g/mol. The van der Waals surface area contributed by atoms with E-state index in [1.165, 1.54) is 12.1 Å². The molecule has 214 valence electrons. The summed E-state index contributed by atoms with van der Waals surface area (Å²) < 4.78 is 51.0. The number of benzene rings is 2. The summed E-state index contributed by atoms with van der Waals surface area (Å²) in [6.45, 7) is 12.0. The normalized spacial score (nSPS) is 14.6. The SMILES string of the molecule is CC.CCOC(=O)CCc1c(F)cc(F)cc1C(C)OCC(O)CN1CCCC1.Cc1ccc(Cl)c(F)c1. The van der Waals surface area contributed by atoms with Gasteiger partial charge in [-0.15, -0.1) is 0 Å². The third kappa shape index (κ3) is 12.2. The Bertz CT molecular complexity index is 987. The smallest absolute Gasteiger partial charge is 0.306 e. The Kier molecular flexibility index (Phi) is 16.2. The fraction of sp³-hybridized carbons (Fsp3) is 0.552. The molecule has 0 saturated carbocycles. The molecule has 3 rings (SSSR count). The molecule has 1 heterocycles. The zero-order chi connectivity index (χ0) is 28.7. The molecule has 0 bridgehead atoms. The maximum atomic E-state index is 14.3. The molecule has 0 spiro atoms. The quantitative estimate of drug-likeness (QED) is 0.324. The van der Waals surface area contributed by atoms with E-state index in [0.29, 0.717) is 12.1 Å². The van der Waals surface area contributed by atoms with Gasteiger partial charge in [0.1, 0.15) is 17.5 Å². The Hall–Kier alpha value is -2.13. The van der Waals surface area contributed by atoms with Crippen molar-refractivity contribution in [3.05, 3.63) is 69.5 Å². The number of aryl methyl sites for hydroxylation is 1. The molecule has 2 aromatic carbocycles. The van der Waals surface area contributed by atoms with Gasteiger partial charge in [-0.25, -0.2) is 13.2 Å². The van der Waals surface area contributed by atoms with Crippen molar-refractivity contribution < 1.29 is 32.5 Å². The molecule has 1 saturated heterocycles. The number of hydrogen-bond donors (Lipinski definition) is 1. The van der Waals surface area contributed by atoms with Crippen molar-refractivity contribution in [1.29, 1.82) is 0 Å². The van der Waals surface area contributed by atoms with Crippen LogP contribution in [-0.2, 0) is 20.7 Å². The number of hydrogen-bond acceptors (Lipinski definition) is 5. The van der Waals surface area contributed by atoms with Crippen LogP contribution >= 0.6 is 11.6 Å². The van der Waals surface area contributed by atoms with Crippen LogP contribution < -0.4 is 0 Å². The Morgan fingerprint density at radius 1 is 1.11 bits per heavy atom. The molecule has 0 aliphatic carbocycles. The fourth-order valence-electron chi connectivity index (χ4n) is 3.97. The highest BCUT2D eigenvalue weighted by molar-refractivity contribution is 6.30. The molecule has 9 heteroatoms. The molecule has 1 N–H and O–H groups in total. The minimum absolute atomic E-state index is 0.00764. The molecule has 1 aliphatic heterocycles. The third-order valence-electron chi connectivity index (χ3n) is 5.80. The lowest BCUT2D eigenvalue weighted by Gasteiger charge is -2.22. The van der Waals surface area contributed by atoms with E-state index in [0.717, 1.165) is 37.6 Å². The Morgan fingerprint density at radius 2 is 1.76 bits per heavy atom. The minimum Gasteiger partial charge on any atom is -0.466 e. The van der Waals surface area contributed by atoms with Gasteiger partial charge in [0.25, 0.3) is 0 Å². The van der Waals surface area contributed by atoms with Crippen LogP contribution in [0.5, 0.6) is 0 Å². The van der Waals surface area contributed by atoms with Gasteiger partial charge in [0.05, 0.1) is 30.4 Å². The van der Waals surface area contributed by atoms with Gasteiger partial charge in [-0.1, -0.05) is 31.5 Å². The lowest BCUT2D eigenvalue weighted by molar-refractivity contribution is -0.143. The van der Waals surface area contributed by atoms with Gasteiger partial charge in [-0.05, 0) is 88.0 Å². The zero-order valence-electron chi connectivity index (χ0n) is 23.0. The van der Waals surface area contributed by atoms with E-state index in [1.807, 2.05) is 20.8 Å². The molecule has 38 heavy (non-hydrogen) atoms. The number of aliphatic hydroxyl groups is 1. The lowest BCUT2D eigenvalue weighted by atomic mass is 9.98. The number of nitrogens with zero attached hydrogens (tertiary/aromatic N) is 1. The number of β-amino-alcohol motifs (C(OH)–C–C–N with tert-alkyl or cyclic N) is 1. The molecule has 2 unspecified atom stereocenters. The second kappa shape index (κ2) is 18.2. The van der Waals surface area contributed by atoms with Crippen molar-refractivity contribution in [3.63, 3.8) is 0 Å². The summed E-state index contributed by atoms with van der Waals surface area (Å²) in [5.74, 6) is -2.18. The van der Waals surface area contributed by atoms with Crippen LogP contribution in [0.1, 0.15) is 69.8 Å². The number of aliphatic hydroxyl groups excluding tert-OH is 1. The maximum absolute atomic E-state index is 14.3. The van der Waals surface area contributed by atoms with E-state index < -0.39 is 29.8 Å². The van der Waals surface area contributed by atoms with Crippen LogP contribution in [0.4, 0.5) is 13.2 Å². The summed E-state index contributed by atoms with van der Waals surface area (Å²) in [4.78, 5) is 13.7. The second-order valence-electron chi connectivity index (χ2n) is 8.82. The van der Waals surface area contributed by atoms with Crippen molar-refractivity contribution in [2.45, 2.75) is 72.5 Å². The van der Waals surface area contributed by atoms with Gasteiger partial charge < -0.3 is 19.5 Å². The molecule has 2 aromatic rings. The summed E-state index contributed by atoms with van der Waals surface area (Å²) in [7, 11) is 0. The summed E-state index contributed by atoms with van der Waals surface area (Å²) in [5, 5.41) is 10.3. The van der Waals surface area contributed by atoms with Gasteiger partial charge >= 0.3 is 5.97 Å². The average Bonchev–Trinajstić information content (AvgIpc) is 3.39. The summed E-state index contributed by atoms with van der Waals surface area (Å²) in [6, 6.07) is 6.75. The standard InChI is InChI=1S/C20H29F2NO4.C7H6ClF.C2H6/c1-3-26-20(25)7-6-17-18(10-15(21)11-19(17)22)14(2)27-13-16(24)12-23-8-4-5-9-23;1-5-2-3-6(8)7(9)4-5;1-2/h10-11,14,16,24H,3-9,12-13H2,1-2H3;2-4H,1H3;1-2H3. The average molecular weight is 560 g/mol. The summed E-state index contributed by atoms with van der Waals surface area (Å²) >= 11 is 5.41. The maximum Gasteiger partial charge on any atom is 0.306 e. The van der Waals surface area contributed by atoms with Crippen LogP contribution in [0.3, 0.4) is 0 Å². The van der Waals surface area contributed by atoms with Crippen molar-refractivity contribution >= 4 is 17.6 Å². The van der Waals surface area contributed by atoms with Crippen molar-refractivity contribution in [2.24, 2.45) is 0 Å². The van der Waals surface area contributed by atoms with E-state index in [2.05, 4.69) is 4.90 Å². The molecule has 5 nitrogen and oxygen atoms in total. The highest BCUT2D eigenvalue weighted by Gasteiger charge is 2.21.